The molecule has 0 atom stereocenters. The van der Waals surface area contributed by atoms with Crippen molar-refractivity contribution in [2.45, 2.75) is 32.0 Å². The van der Waals surface area contributed by atoms with E-state index >= 15 is 0 Å². The third kappa shape index (κ3) is 5.32. The fourth-order valence-electron chi connectivity index (χ4n) is 4.42. The number of hydrogen-bond donors (Lipinski definition) is 0. The zero-order valence-electron chi connectivity index (χ0n) is 16.1. The summed E-state index contributed by atoms with van der Waals surface area (Å²) >= 11 is 5.99. The molecule has 4 rings (SSSR count). The van der Waals surface area contributed by atoms with Crippen molar-refractivity contribution in [2.75, 3.05) is 39.3 Å². The first kappa shape index (κ1) is 18.9. The SMILES string of the molecule is Clc1ccc(CN2CCN(C3CCN(Cc4ccccc4)CC3)CC2)cc1. The maximum absolute atomic E-state index is 5.99. The summed E-state index contributed by atoms with van der Waals surface area (Å²) in [5.41, 5.74) is 2.80. The van der Waals surface area contributed by atoms with Crippen LogP contribution in [0.1, 0.15) is 24.0 Å². The summed E-state index contributed by atoms with van der Waals surface area (Å²) in [7, 11) is 0. The molecule has 2 aromatic carbocycles. The maximum atomic E-state index is 5.99. The van der Waals surface area contributed by atoms with E-state index in [1.807, 2.05) is 12.1 Å². The van der Waals surface area contributed by atoms with Crippen LogP contribution < -0.4 is 0 Å². The van der Waals surface area contributed by atoms with Gasteiger partial charge in [0.15, 0.2) is 0 Å². The summed E-state index contributed by atoms with van der Waals surface area (Å²) in [4.78, 5) is 7.92. The highest BCUT2D eigenvalue weighted by atomic mass is 35.5. The molecule has 2 heterocycles. The van der Waals surface area contributed by atoms with Crippen molar-refractivity contribution in [1.29, 1.82) is 0 Å². The highest BCUT2D eigenvalue weighted by molar-refractivity contribution is 6.30. The minimum Gasteiger partial charge on any atom is -0.299 e. The van der Waals surface area contributed by atoms with Crippen LogP contribution in [-0.2, 0) is 13.1 Å². The molecule has 0 aromatic heterocycles. The van der Waals surface area contributed by atoms with Crippen molar-refractivity contribution in [3.63, 3.8) is 0 Å². The molecule has 0 unspecified atom stereocenters. The van der Waals surface area contributed by atoms with Crippen LogP contribution in [0.25, 0.3) is 0 Å². The van der Waals surface area contributed by atoms with E-state index in [0.717, 1.165) is 24.2 Å². The van der Waals surface area contributed by atoms with Gasteiger partial charge in [0.1, 0.15) is 0 Å². The van der Waals surface area contributed by atoms with E-state index in [2.05, 4.69) is 57.2 Å². The fraction of sp³-hybridized carbons (Fsp3) is 0.478. The van der Waals surface area contributed by atoms with Crippen molar-refractivity contribution in [2.24, 2.45) is 0 Å². The Labute approximate surface area is 168 Å². The van der Waals surface area contributed by atoms with Gasteiger partial charge in [-0.3, -0.25) is 14.7 Å². The summed E-state index contributed by atoms with van der Waals surface area (Å²) < 4.78 is 0. The number of benzene rings is 2. The van der Waals surface area contributed by atoms with Gasteiger partial charge in [0, 0.05) is 50.3 Å². The molecule has 0 amide bonds. The molecular weight excluding hydrogens is 354 g/mol. The molecule has 0 radical (unpaired) electrons. The van der Waals surface area contributed by atoms with Gasteiger partial charge in [0.25, 0.3) is 0 Å². The Bertz CT molecular complexity index is 687. The highest BCUT2D eigenvalue weighted by Crippen LogP contribution is 2.20. The fourth-order valence-corrected chi connectivity index (χ4v) is 4.54. The topological polar surface area (TPSA) is 9.72 Å². The monoisotopic (exact) mass is 383 g/mol. The van der Waals surface area contributed by atoms with Crippen LogP contribution in [0.3, 0.4) is 0 Å². The van der Waals surface area contributed by atoms with E-state index in [-0.39, 0.29) is 0 Å². The van der Waals surface area contributed by atoms with Gasteiger partial charge in [-0.1, -0.05) is 54.1 Å². The molecule has 2 fully saturated rings. The van der Waals surface area contributed by atoms with Gasteiger partial charge in [-0.05, 0) is 49.2 Å². The molecule has 0 bridgehead atoms. The first-order valence-corrected chi connectivity index (χ1v) is 10.6. The van der Waals surface area contributed by atoms with Gasteiger partial charge in [0.05, 0.1) is 0 Å². The quantitative estimate of drug-likeness (QED) is 0.768. The van der Waals surface area contributed by atoms with E-state index in [1.165, 1.54) is 63.2 Å². The molecule has 27 heavy (non-hydrogen) atoms. The third-order valence-corrected chi connectivity index (χ3v) is 6.30. The molecule has 4 heteroatoms. The van der Waals surface area contributed by atoms with Gasteiger partial charge in [-0.15, -0.1) is 0 Å². The van der Waals surface area contributed by atoms with Gasteiger partial charge in [-0.2, -0.15) is 0 Å². The number of likely N-dealkylation sites (tertiary alicyclic amines) is 1. The van der Waals surface area contributed by atoms with E-state index in [9.17, 15) is 0 Å². The van der Waals surface area contributed by atoms with Crippen LogP contribution in [0.4, 0.5) is 0 Å². The Balaban J connectivity index is 1.20. The Morgan fingerprint density at radius 3 is 1.85 bits per heavy atom. The molecular formula is C23H30ClN3. The number of nitrogens with zero attached hydrogens (tertiary/aromatic N) is 3. The van der Waals surface area contributed by atoms with Crippen LogP contribution in [0.2, 0.25) is 5.02 Å². The second-order valence-electron chi connectivity index (χ2n) is 7.93. The molecule has 144 valence electrons. The lowest BCUT2D eigenvalue weighted by Gasteiger charge is -2.42. The first-order chi connectivity index (χ1) is 13.3. The number of piperidine rings is 1. The minimum absolute atomic E-state index is 0.773. The Morgan fingerprint density at radius 2 is 1.22 bits per heavy atom. The highest BCUT2D eigenvalue weighted by Gasteiger charge is 2.27. The minimum atomic E-state index is 0.773. The van der Waals surface area contributed by atoms with E-state index in [1.54, 1.807) is 0 Å². The van der Waals surface area contributed by atoms with Gasteiger partial charge in [-0.25, -0.2) is 0 Å². The lowest BCUT2D eigenvalue weighted by Crippen LogP contribution is -2.52. The predicted octanol–water partition coefficient (Wildman–Crippen LogP) is 4.12. The summed E-state index contributed by atoms with van der Waals surface area (Å²) in [5.74, 6) is 0. The van der Waals surface area contributed by atoms with Gasteiger partial charge in [0.2, 0.25) is 0 Å². The van der Waals surface area contributed by atoms with Crippen LogP contribution in [0.5, 0.6) is 0 Å². The summed E-state index contributed by atoms with van der Waals surface area (Å²) in [5, 5.41) is 0.821. The average molecular weight is 384 g/mol. The van der Waals surface area contributed by atoms with E-state index in [0.29, 0.717) is 0 Å². The number of piperazine rings is 1. The Morgan fingerprint density at radius 1 is 0.667 bits per heavy atom. The lowest BCUT2D eigenvalue weighted by atomic mass is 10.0. The standard InChI is InChI=1S/C23H30ClN3/c24-22-8-6-21(7-9-22)19-26-14-16-27(17-15-26)23-10-12-25(13-11-23)18-20-4-2-1-3-5-20/h1-9,23H,10-19H2. The van der Waals surface area contributed by atoms with Crippen LogP contribution in [0, 0.1) is 0 Å². The molecule has 2 saturated heterocycles. The van der Waals surface area contributed by atoms with Crippen LogP contribution >= 0.6 is 11.6 Å². The Kier molecular flexibility index (Phi) is 6.46. The van der Waals surface area contributed by atoms with E-state index in [4.69, 9.17) is 11.6 Å². The summed E-state index contributed by atoms with van der Waals surface area (Å²) in [6, 6.07) is 19.9. The van der Waals surface area contributed by atoms with Crippen molar-refractivity contribution in [3.05, 3.63) is 70.7 Å². The first-order valence-electron chi connectivity index (χ1n) is 10.2. The normalized spacial score (nSPS) is 20.8. The Hall–Kier alpha value is -1.39. The molecule has 2 aromatic rings. The van der Waals surface area contributed by atoms with Gasteiger partial charge < -0.3 is 0 Å². The third-order valence-electron chi connectivity index (χ3n) is 6.05. The molecule has 0 spiro atoms. The van der Waals surface area contributed by atoms with E-state index < -0.39 is 0 Å². The molecule has 2 aliphatic rings. The molecule has 0 saturated carbocycles. The molecule has 2 aliphatic heterocycles. The predicted molar refractivity (Wildman–Crippen MR) is 113 cm³/mol. The molecule has 0 aliphatic carbocycles. The number of hydrogen-bond acceptors (Lipinski definition) is 3. The zero-order valence-corrected chi connectivity index (χ0v) is 16.8. The number of rotatable bonds is 5. The molecule has 0 N–H and O–H groups in total. The second kappa shape index (κ2) is 9.20. The number of halogens is 1. The van der Waals surface area contributed by atoms with Crippen molar-refractivity contribution >= 4 is 11.6 Å². The second-order valence-corrected chi connectivity index (χ2v) is 8.37. The largest absolute Gasteiger partial charge is 0.299 e. The van der Waals surface area contributed by atoms with Crippen LogP contribution in [-0.4, -0.2) is 60.0 Å². The van der Waals surface area contributed by atoms with Crippen molar-refractivity contribution < 1.29 is 0 Å². The summed E-state index contributed by atoms with van der Waals surface area (Å²) in [6.07, 6.45) is 2.62. The summed E-state index contributed by atoms with van der Waals surface area (Å²) in [6.45, 7) is 9.35. The lowest BCUT2D eigenvalue weighted by molar-refractivity contribution is 0.0550. The zero-order chi connectivity index (χ0) is 18.5. The molecule has 3 nitrogen and oxygen atoms in total. The maximum Gasteiger partial charge on any atom is 0.0406 e. The van der Waals surface area contributed by atoms with Crippen molar-refractivity contribution in [3.8, 4) is 0 Å². The van der Waals surface area contributed by atoms with Crippen molar-refractivity contribution in [1.82, 2.24) is 14.7 Å². The average Bonchev–Trinajstić information content (AvgIpc) is 2.72. The van der Waals surface area contributed by atoms with Crippen LogP contribution in [0.15, 0.2) is 54.6 Å². The van der Waals surface area contributed by atoms with Gasteiger partial charge >= 0.3 is 0 Å². The smallest absolute Gasteiger partial charge is 0.0406 e.